The number of nitrogens with zero attached hydrogens (tertiary/aromatic N) is 2. The Hall–Kier alpha value is -1.72. The molecule has 0 spiro atoms. The molecule has 0 bridgehead atoms. The Bertz CT molecular complexity index is 598. The van der Waals surface area contributed by atoms with Crippen LogP contribution in [0, 0.1) is 0 Å². The first-order valence-corrected chi connectivity index (χ1v) is 8.38. The molecule has 1 atom stereocenters. The van der Waals surface area contributed by atoms with Crippen molar-refractivity contribution in [2.75, 3.05) is 13.1 Å². The minimum atomic E-state index is -0.830. The van der Waals surface area contributed by atoms with Crippen LogP contribution >= 0.6 is 11.3 Å². The summed E-state index contributed by atoms with van der Waals surface area (Å²) in [6.07, 6.45) is 0.00469. The molecule has 0 aliphatic rings. The monoisotopic (exact) mass is 318 g/mol. The second-order valence-corrected chi connectivity index (χ2v) is 6.35. The standard InChI is InChI=1S/C17H22N2O2S/c1-3-19(11-14-7-5-4-6-8-14)10-13(2)17-18-15(12-22-17)9-16(20)21/h4-8,12-13H,3,9-11H2,1-2H3,(H,20,21). The average Bonchev–Trinajstić information content (AvgIpc) is 2.95. The van der Waals surface area contributed by atoms with E-state index in [2.05, 4.69) is 48.0 Å². The topological polar surface area (TPSA) is 53.4 Å². The van der Waals surface area contributed by atoms with Crippen LogP contribution in [0.15, 0.2) is 35.7 Å². The Kier molecular flexibility index (Phi) is 6.10. The van der Waals surface area contributed by atoms with Gasteiger partial charge in [-0.1, -0.05) is 44.2 Å². The van der Waals surface area contributed by atoms with Gasteiger partial charge in [0.25, 0.3) is 0 Å². The zero-order valence-electron chi connectivity index (χ0n) is 13.0. The molecule has 0 amide bonds. The normalized spacial score (nSPS) is 12.5. The summed E-state index contributed by atoms with van der Waals surface area (Å²) >= 11 is 1.56. The molecule has 0 fully saturated rings. The molecule has 1 heterocycles. The molecular weight excluding hydrogens is 296 g/mol. The van der Waals surface area contributed by atoms with Gasteiger partial charge in [-0.05, 0) is 12.1 Å². The summed E-state index contributed by atoms with van der Waals surface area (Å²) in [5.74, 6) is -0.528. The summed E-state index contributed by atoms with van der Waals surface area (Å²) in [5.41, 5.74) is 1.97. The number of aromatic nitrogens is 1. The molecule has 2 rings (SSSR count). The fourth-order valence-corrected chi connectivity index (χ4v) is 3.27. The van der Waals surface area contributed by atoms with E-state index in [-0.39, 0.29) is 6.42 Å². The zero-order chi connectivity index (χ0) is 15.9. The van der Waals surface area contributed by atoms with E-state index >= 15 is 0 Å². The minimum absolute atomic E-state index is 0.00469. The second-order valence-electron chi connectivity index (χ2n) is 5.46. The maximum absolute atomic E-state index is 10.7. The van der Waals surface area contributed by atoms with Crippen molar-refractivity contribution >= 4 is 17.3 Å². The van der Waals surface area contributed by atoms with Crippen LogP contribution in [-0.2, 0) is 17.8 Å². The van der Waals surface area contributed by atoms with Gasteiger partial charge in [0.2, 0.25) is 0 Å². The molecule has 1 aromatic heterocycles. The number of rotatable bonds is 8. The van der Waals surface area contributed by atoms with Crippen LogP contribution in [0.4, 0.5) is 0 Å². The van der Waals surface area contributed by atoms with Gasteiger partial charge in [0.15, 0.2) is 0 Å². The van der Waals surface area contributed by atoms with Crippen LogP contribution in [0.5, 0.6) is 0 Å². The molecule has 2 aromatic rings. The highest BCUT2D eigenvalue weighted by Crippen LogP contribution is 2.22. The number of hydrogen-bond acceptors (Lipinski definition) is 4. The van der Waals surface area contributed by atoms with Crippen LogP contribution in [0.25, 0.3) is 0 Å². The summed E-state index contributed by atoms with van der Waals surface area (Å²) in [6.45, 7) is 7.14. The molecule has 1 unspecified atom stereocenters. The van der Waals surface area contributed by atoms with Crippen LogP contribution in [0.3, 0.4) is 0 Å². The quantitative estimate of drug-likeness (QED) is 0.810. The summed E-state index contributed by atoms with van der Waals surface area (Å²) in [4.78, 5) is 17.6. The Labute approximate surface area is 135 Å². The summed E-state index contributed by atoms with van der Waals surface area (Å²) in [5, 5.41) is 11.7. The van der Waals surface area contributed by atoms with E-state index in [1.165, 1.54) is 5.56 Å². The SMILES string of the molecule is CCN(Cc1ccccc1)CC(C)c1nc(CC(=O)O)cs1. The summed E-state index contributed by atoms with van der Waals surface area (Å²) < 4.78 is 0. The van der Waals surface area contributed by atoms with E-state index in [0.717, 1.165) is 24.6 Å². The van der Waals surface area contributed by atoms with Gasteiger partial charge in [0.1, 0.15) is 0 Å². The third-order valence-corrected chi connectivity index (χ3v) is 4.68. The molecule has 4 nitrogen and oxygen atoms in total. The molecule has 0 aliphatic heterocycles. The van der Waals surface area contributed by atoms with E-state index in [0.29, 0.717) is 11.6 Å². The van der Waals surface area contributed by atoms with Crippen molar-refractivity contribution in [3.8, 4) is 0 Å². The van der Waals surface area contributed by atoms with Crippen LogP contribution in [0.1, 0.15) is 36.0 Å². The Morgan fingerprint density at radius 3 is 2.73 bits per heavy atom. The lowest BCUT2D eigenvalue weighted by molar-refractivity contribution is -0.136. The fraction of sp³-hybridized carbons (Fsp3) is 0.412. The number of carboxylic acids is 1. The Morgan fingerprint density at radius 1 is 1.36 bits per heavy atom. The van der Waals surface area contributed by atoms with Crippen LogP contribution in [-0.4, -0.2) is 34.0 Å². The van der Waals surface area contributed by atoms with Gasteiger partial charge in [-0.2, -0.15) is 0 Å². The highest BCUT2D eigenvalue weighted by molar-refractivity contribution is 7.09. The molecular formula is C17H22N2O2S. The first-order chi connectivity index (χ1) is 10.6. The lowest BCUT2D eigenvalue weighted by atomic mass is 10.1. The largest absolute Gasteiger partial charge is 0.481 e. The maximum atomic E-state index is 10.7. The average molecular weight is 318 g/mol. The molecule has 1 N–H and O–H groups in total. The van der Waals surface area contributed by atoms with Crippen molar-refractivity contribution in [1.29, 1.82) is 0 Å². The van der Waals surface area contributed by atoms with Crippen molar-refractivity contribution in [2.45, 2.75) is 32.7 Å². The molecule has 1 aromatic carbocycles. The number of thiazole rings is 1. The minimum Gasteiger partial charge on any atom is -0.481 e. The fourth-order valence-electron chi connectivity index (χ4n) is 2.40. The van der Waals surface area contributed by atoms with E-state index in [4.69, 9.17) is 5.11 Å². The summed E-state index contributed by atoms with van der Waals surface area (Å²) in [7, 11) is 0. The number of carbonyl (C=O) groups is 1. The van der Waals surface area contributed by atoms with Gasteiger partial charge in [-0.3, -0.25) is 9.69 Å². The van der Waals surface area contributed by atoms with Crippen LogP contribution in [0.2, 0.25) is 0 Å². The number of carboxylic acid groups (broad SMARTS) is 1. The number of benzene rings is 1. The zero-order valence-corrected chi connectivity index (χ0v) is 13.8. The lowest BCUT2D eigenvalue weighted by Gasteiger charge is -2.23. The lowest BCUT2D eigenvalue weighted by Crippen LogP contribution is -2.27. The molecule has 0 saturated heterocycles. The third kappa shape index (κ3) is 4.93. The highest BCUT2D eigenvalue weighted by atomic mass is 32.1. The Morgan fingerprint density at radius 2 is 2.09 bits per heavy atom. The molecule has 0 aliphatic carbocycles. The smallest absolute Gasteiger partial charge is 0.309 e. The van der Waals surface area contributed by atoms with Crippen molar-refractivity contribution in [2.24, 2.45) is 0 Å². The highest BCUT2D eigenvalue weighted by Gasteiger charge is 2.15. The molecule has 22 heavy (non-hydrogen) atoms. The Balaban J connectivity index is 1.95. The van der Waals surface area contributed by atoms with Gasteiger partial charge in [0, 0.05) is 24.4 Å². The maximum Gasteiger partial charge on any atom is 0.309 e. The number of aliphatic carboxylic acids is 1. The van der Waals surface area contributed by atoms with Gasteiger partial charge in [-0.25, -0.2) is 4.98 Å². The second kappa shape index (κ2) is 8.06. The van der Waals surface area contributed by atoms with E-state index in [1.807, 2.05) is 11.4 Å². The van der Waals surface area contributed by atoms with Gasteiger partial charge in [-0.15, -0.1) is 11.3 Å². The molecule has 0 saturated carbocycles. The first kappa shape index (κ1) is 16.6. The van der Waals surface area contributed by atoms with E-state index < -0.39 is 5.97 Å². The molecule has 5 heteroatoms. The van der Waals surface area contributed by atoms with Gasteiger partial charge in [0.05, 0.1) is 17.1 Å². The predicted octanol–water partition coefficient (Wildman–Crippen LogP) is 3.40. The van der Waals surface area contributed by atoms with Crippen molar-refractivity contribution in [1.82, 2.24) is 9.88 Å². The summed E-state index contributed by atoms with van der Waals surface area (Å²) in [6, 6.07) is 10.4. The number of hydrogen-bond donors (Lipinski definition) is 1. The van der Waals surface area contributed by atoms with Crippen molar-refractivity contribution in [3.05, 3.63) is 52.0 Å². The first-order valence-electron chi connectivity index (χ1n) is 7.50. The van der Waals surface area contributed by atoms with E-state index in [9.17, 15) is 4.79 Å². The predicted molar refractivity (Wildman–Crippen MR) is 89.3 cm³/mol. The van der Waals surface area contributed by atoms with Crippen LogP contribution < -0.4 is 0 Å². The third-order valence-electron chi connectivity index (χ3n) is 3.55. The van der Waals surface area contributed by atoms with Gasteiger partial charge >= 0.3 is 5.97 Å². The van der Waals surface area contributed by atoms with Crippen molar-refractivity contribution < 1.29 is 9.90 Å². The van der Waals surface area contributed by atoms with E-state index in [1.54, 1.807) is 11.3 Å². The van der Waals surface area contributed by atoms with Gasteiger partial charge < -0.3 is 5.11 Å². The van der Waals surface area contributed by atoms with Crippen molar-refractivity contribution in [3.63, 3.8) is 0 Å². The number of likely N-dealkylation sites (N-methyl/N-ethyl adjacent to an activating group) is 1. The molecule has 118 valence electrons. The molecule has 0 radical (unpaired) electrons.